The van der Waals surface area contributed by atoms with Crippen molar-refractivity contribution in [2.75, 3.05) is 0 Å². The van der Waals surface area contributed by atoms with Crippen LogP contribution in [0.3, 0.4) is 0 Å². The van der Waals surface area contributed by atoms with Crippen molar-refractivity contribution in [2.24, 2.45) is 0 Å². The molecule has 0 saturated heterocycles. The summed E-state index contributed by atoms with van der Waals surface area (Å²) in [6, 6.07) is 22.6. The van der Waals surface area contributed by atoms with Crippen LogP contribution in [0.1, 0.15) is 34.6 Å². The number of halogens is 1. The fraction of sp³-hybridized carbons (Fsp3) is 0.240. The Balaban J connectivity index is 1.71. The van der Waals surface area contributed by atoms with E-state index >= 15 is 0 Å². The summed E-state index contributed by atoms with van der Waals surface area (Å²) in [5.74, 6) is 0.155. The van der Waals surface area contributed by atoms with E-state index in [1.165, 1.54) is 5.56 Å². The van der Waals surface area contributed by atoms with Crippen LogP contribution in [0.25, 0.3) is 0 Å². The molecule has 154 valence electrons. The topological polar surface area (TPSA) is 60.8 Å². The highest BCUT2D eigenvalue weighted by Crippen LogP contribution is 2.39. The van der Waals surface area contributed by atoms with Gasteiger partial charge in [0, 0.05) is 23.5 Å². The summed E-state index contributed by atoms with van der Waals surface area (Å²) in [5.41, 5.74) is 4.26. The number of phenolic OH excluding ortho intramolecular Hbond substituents is 1. The summed E-state index contributed by atoms with van der Waals surface area (Å²) < 4.78 is 0. The monoisotopic (exact) mass is 421 g/mol. The molecule has 0 spiro atoms. The number of carbonyl (C=O) groups is 1. The first-order valence-corrected chi connectivity index (χ1v) is 10.5. The van der Waals surface area contributed by atoms with Crippen molar-refractivity contribution in [1.82, 2.24) is 4.90 Å². The van der Waals surface area contributed by atoms with Crippen molar-refractivity contribution in [1.29, 1.82) is 0 Å². The van der Waals surface area contributed by atoms with Gasteiger partial charge in [0.1, 0.15) is 5.75 Å². The van der Waals surface area contributed by atoms with Crippen LogP contribution in [0.4, 0.5) is 4.79 Å². The largest absolute Gasteiger partial charge is 0.508 e. The Bertz CT molecular complexity index is 1020. The molecule has 0 aliphatic heterocycles. The molecule has 5 heteroatoms. The number of rotatable bonds is 5. The van der Waals surface area contributed by atoms with Gasteiger partial charge < -0.3 is 15.1 Å². The summed E-state index contributed by atoms with van der Waals surface area (Å²) in [5, 5.41) is 20.9. The molecule has 1 aliphatic carbocycles. The van der Waals surface area contributed by atoms with E-state index < -0.39 is 6.09 Å². The zero-order valence-corrected chi connectivity index (χ0v) is 17.3. The zero-order chi connectivity index (χ0) is 21.1. The van der Waals surface area contributed by atoms with Crippen molar-refractivity contribution in [3.05, 3.63) is 100 Å². The van der Waals surface area contributed by atoms with E-state index in [0.717, 1.165) is 29.5 Å². The molecule has 3 aromatic rings. The van der Waals surface area contributed by atoms with Gasteiger partial charge in [-0.15, -0.1) is 0 Å². The van der Waals surface area contributed by atoms with Crippen LogP contribution in [0.2, 0.25) is 5.02 Å². The molecule has 1 amide bonds. The number of benzene rings is 3. The predicted molar refractivity (Wildman–Crippen MR) is 118 cm³/mol. The van der Waals surface area contributed by atoms with E-state index in [1.54, 1.807) is 17.0 Å². The van der Waals surface area contributed by atoms with Crippen LogP contribution in [-0.4, -0.2) is 27.2 Å². The molecule has 4 rings (SSSR count). The van der Waals surface area contributed by atoms with Crippen molar-refractivity contribution in [3.63, 3.8) is 0 Å². The van der Waals surface area contributed by atoms with Crippen molar-refractivity contribution in [3.8, 4) is 5.75 Å². The smallest absolute Gasteiger partial charge is 0.407 e. The van der Waals surface area contributed by atoms with Gasteiger partial charge in [0.25, 0.3) is 0 Å². The number of phenols is 1. The van der Waals surface area contributed by atoms with Gasteiger partial charge in [0.15, 0.2) is 0 Å². The molecule has 0 aromatic heterocycles. The normalized spacial score (nSPS) is 17.9. The lowest BCUT2D eigenvalue weighted by atomic mass is 9.75. The molecule has 2 N–H and O–H groups in total. The molecule has 2 unspecified atom stereocenters. The third-order valence-electron chi connectivity index (χ3n) is 5.91. The third-order valence-corrected chi connectivity index (χ3v) is 6.17. The highest BCUT2D eigenvalue weighted by molar-refractivity contribution is 6.30. The number of hydrogen-bond acceptors (Lipinski definition) is 2. The number of carboxylic acid groups (broad SMARTS) is 1. The van der Waals surface area contributed by atoms with Gasteiger partial charge in [0.2, 0.25) is 0 Å². The zero-order valence-electron chi connectivity index (χ0n) is 16.5. The molecular formula is C25H24ClNO3. The average Bonchev–Trinajstić information content (AvgIpc) is 2.75. The minimum Gasteiger partial charge on any atom is -0.508 e. The van der Waals surface area contributed by atoms with Gasteiger partial charge in [0.05, 0.1) is 0 Å². The quantitative estimate of drug-likeness (QED) is 0.541. The lowest BCUT2D eigenvalue weighted by molar-refractivity contribution is 0.105. The summed E-state index contributed by atoms with van der Waals surface area (Å²) in [6.07, 6.45) is 1.29. The van der Waals surface area contributed by atoms with Crippen LogP contribution in [0, 0.1) is 0 Å². The average molecular weight is 422 g/mol. The van der Waals surface area contributed by atoms with Crippen molar-refractivity contribution >= 4 is 17.7 Å². The molecule has 0 heterocycles. The maximum absolute atomic E-state index is 12.3. The molecule has 0 radical (unpaired) electrons. The second kappa shape index (κ2) is 8.80. The highest BCUT2D eigenvalue weighted by Gasteiger charge is 2.36. The van der Waals surface area contributed by atoms with E-state index in [-0.39, 0.29) is 17.7 Å². The number of aryl methyl sites for hydroxylation is 1. The Hall–Kier alpha value is -2.98. The lowest BCUT2D eigenvalue weighted by Gasteiger charge is -2.40. The Kier molecular flexibility index (Phi) is 5.96. The lowest BCUT2D eigenvalue weighted by Crippen LogP contribution is -2.45. The second-order valence-electron chi connectivity index (χ2n) is 7.82. The van der Waals surface area contributed by atoms with Crippen molar-refractivity contribution in [2.45, 2.75) is 37.8 Å². The summed E-state index contributed by atoms with van der Waals surface area (Å²) in [6.45, 7) is 0.339. The maximum atomic E-state index is 12.3. The molecule has 2 atom stereocenters. The third kappa shape index (κ3) is 4.44. The van der Waals surface area contributed by atoms with Crippen molar-refractivity contribution < 1.29 is 15.0 Å². The Labute approximate surface area is 181 Å². The van der Waals surface area contributed by atoms with Crippen LogP contribution in [-0.2, 0) is 19.4 Å². The van der Waals surface area contributed by atoms with E-state index in [0.29, 0.717) is 18.0 Å². The van der Waals surface area contributed by atoms with E-state index in [4.69, 9.17) is 11.6 Å². The standard InChI is InChI=1S/C25H24ClNO3/c26-20-10-6-17(7-11-20)14-23-22-15-21(28)12-8-19(22)9-13-24(23)27(25(29)30)16-18-4-2-1-3-5-18/h1-8,10-12,15,23-24,28H,9,13-14,16H2,(H,29,30). The summed E-state index contributed by atoms with van der Waals surface area (Å²) >= 11 is 6.05. The van der Waals surface area contributed by atoms with E-state index in [9.17, 15) is 15.0 Å². The molecule has 4 nitrogen and oxygen atoms in total. The van der Waals surface area contributed by atoms with Gasteiger partial charge >= 0.3 is 6.09 Å². The second-order valence-corrected chi connectivity index (χ2v) is 8.26. The van der Waals surface area contributed by atoms with Gasteiger partial charge in [-0.2, -0.15) is 0 Å². The van der Waals surface area contributed by atoms with Gasteiger partial charge in [-0.1, -0.05) is 60.1 Å². The minimum absolute atomic E-state index is 0.0539. The van der Waals surface area contributed by atoms with Crippen LogP contribution in [0.15, 0.2) is 72.8 Å². The van der Waals surface area contributed by atoms with E-state index in [2.05, 4.69) is 0 Å². The number of aromatic hydroxyl groups is 1. The minimum atomic E-state index is -0.923. The van der Waals surface area contributed by atoms with Crippen LogP contribution in [0.5, 0.6) is 5.75 Å². The number of hydrogen-bond donors (Lipinski definition) is 2. The predicted octanol–water partition coefficient (Wildman–Crippen LogP) is 5.87. The molecule has 1 aliphatic rings. The van der Waals surface area contributed by atoms with Gasteiger partial charge in [-0.25, -0.2) is 4.79 Å². The van der Waals surface area contributed by atoms with Crippen LogP contribution < -0.4 is 0 Å². The maximum Gasteiger partial charge on any atom is 0.407 e. The Morgan fingerprint density at radius 3 is 2.43 bits per heavy atom. The van der Waals surface area contributed by atoms with Gasteiger partial charge in [-0.05, 0) is 65.8 Å². The molecule has 0 bridgehead atoms. The fourth-order valence-corrected chi connectivity index (χ4v) is 4.59. The van der Waals surface area contributed by atoms with E-state index in [1.807, 2.05) is 60.7 Å². The fourth-order valence-electron chi connectivity index (χ4n) is 4.47. The highest BCUT2D eigenvalue weighted by atomic mass is 35.5. The molecule has 0 saturated carbocycles. The number of amides is 1. The first-order valence-electron chi connectivity index (χ1n) is 10.1. The SMILES string of the molecule is O=C(O)N(Cc1ccccc1)C1CCc2ccc(O)cc2C1Cc1ccc(Cl)cc1. The van der Waals surface area contributed by atoms with Gasteiger partial charge in [-0.3, -0.25) is 0 Å². The molecular weight excluding hydrogens is 398 g/mol. The summed E-state index contributed by atoms with van der Waals surface area (Å²) in [4.78, 5) is 13.8. The number of nitrogens with zero attached hydrogens (tertiary/aromatic N) is 1. The first kappa shape index (κ1) is 20.3. The Morgan fingerprint density at radius 2 is 1.73 bits per heavy atom. The molecule has 0 fully saturated rings. The van der Waals surface area contributed by atoms with Crippen LogP contribution >= 0.6 is 11.6 Å². The Morgan fingerprint density at radius 1 is 1.00 bits per heavy atom. The summed E-state index contributed by atoms with van der Waals surface area (Å²) in [7, 11) is 0. The number of fused-ring (bicyclic) bond motifs is 1. The molecule has 30 heavy (non-hydrogen) atoms. The molecule has 3 aromatic carbocycles. The first-order chi connectivity index (χ1) is 14.5.